The third-order valence-electron chi connectivity index (χ3n) is 2.03. The van der Waals surface area contributed by atoms with Gasteiger partial charge in [0.15, 0.2) is 0 Å². The van der Waals surface area contributed by atoms with Gasteiger partial charge in [0, 0.05) is 6.04 Å². The summed E-state index contributed by atoms with van der Waals surface area (Å²) in [5.74, 6) is 0.717. The van der Waals surface area contributed by atoms with Gasteiger partial charge in [-0.3, -0.25) is 0 Å². The van der Waals surface area contributed by atoms with Crippen LogP contribution in [0.25, 0.3) is 0 Å². The van der Waals surface area contributed by atoms with E-state index in [9.17, 15) is 5.11 Å². The van der Waals surface area contributed by atoms with E-state index in [1.54, 1.807) is 13.0 Å². The molecule has 16 heavy (non-hydrogen) atoms. The van der Waals surface area contributed by atoms with Crippen LogP contribution in [-0.4, -0.2) is 22.2 Å². The van der Waals surface area contributed by atoms with Gasteiger partial charge in [-0.2, -0.15) is 0 Å². The monoisotopic (exact) mass is 263 g/mol. The highest BCUT2D eigenvalue weighted by atomic mass is 35.5. The Hall–Kier alpha value is -0.710. The highest BCUT2D eigenvalue weighted by Crippen LogP contribution is 2.27. The summed E-state index contributed by atoms with van der Waals surface area (Å²) in [7, 11) is 0. The number of rotatable bonds is 4. The molecule has 1 aromatic rings. The Kier molecular flexibility index (Phi) is 4.65. The highest BCUT2D eigenvalue weighted by Gasteiger charge is 2.11. The van der Waals surface area contributed by atoms with Crippen molar-refractivity contribution in [2.45, 2.75) is 32.4 Å². The second-order valence-corrected chi connectivity index (χ2v) is 4.63. The van der Waals surface area contributed by atoms with Crippen LogP contribution in [0.3, 0.4) is 0 Å². The Labute approximate surface area is 105 Å². The van der Waals surface area contributed by atoms with Crippen molar-refractivity contribution >= 4 is 34.8 Å². The predicted molar refractivity (Wildman–Crippen MR) is 68.1 cm³/mol. The smallest absolute Gasteiger partial charge is 0.147 e. The Morgan fingerprint density at radius 3 is 2.62 bits per heavy atom. The first-order chi connectivity index (χ1) is 7.40. The molecule has 0 aromatic carbocycles. The molecule has 0 saturated carbocycles. The zero-order chi connectivity index (χ0) is 12.3. The van der Waals surface area contributed by atoms with E-state index in [4.69, 9.17) is 28.9 Å². The molecule has 1 heterocycles. The van der Waals surface area contributed by atoms with Crippen molar-refractivity contribution in [2.75, 3.05) is 11.1 Å². The Balaban J connectivity index is 2.77. The Morgan fingerprint density at radius 1 is 1.44 bits per heavy atom. The van der Waals surface area contributed by atoms with Crippen LogP contribution in [0.5, 0.6) is 0 Å². The van der Waals surface area contributed by atoms with Crippen LogP contribution < -0.4 is 11.1 Å². The molecule has 0 aliphatic rings. The molecule has 6 heteroatoms. The molecule has 90 valence electrons. The van der Waals surface area contributed by atoms with Gasteiger partial charge in [-0.25, -0.2) is 4.98 Å². The molecule has 4 N–H and O–H groups in total. The first kappa shape index (κ1) is 13.4. The van der Waals surface area contributed by atoms with E-state index >= 15 is 0 Å². The molecule has 2 atom stereocenters. The van der Waals surface area contributed by atoms with Crippen LogP contribution in [0.1, 0.15) is 20.3 Å². The first-order valence-corrected chi connectivity index (χ1v) is 5.72. The maximum absolute atomic E-state index is 9.23. The maximum Gasteiger partial charge on any atom is 0.147 e. The summed E-state index contributed by atoms with van der Waals surface area (Å²) in [5, 5.41) is 13.0. The van der Waals surface area contributed by atoms with Crippen molar-refractivity contribution in [1.29, 1.82) is 0 Å². The number of hydrogen-bond acceptors (Lipinski definition) is 4. The predicted octanol–water partition coefficient (Wildman–Crippen LogP) is 2.54. The fraction of sp³-hybridized carbons (Fsp3) is 0.500. The van der Waals surface area contributed by atoms with E-state index < -0.39 is 0 Å². The summed E-state index contributed by atoms with van der Waals surface area (Å²) in [5.41, 5.74) is 5.58. The molecular weight excluding hydrogens is 249 g/mol. The molecule has 0 fully saturated rings. The normalized spacial score (nSPS) is 14.6. The molecular formula is C10H15Cl2N3O. The number of nitrogens with zero attached hydrogens (tertiary/aromatic N) is 1. The third kappa shape index (κ3) is 3.70. The SMILES string of the molecule is CC(O)CC(C)Nc1nc(N)c(Cl)cc1Cl. The molecule has 0 aliphatic heterocycles. The summed E-state index contributed by atoms with van der Waals surface area (Å²) in [6.07, 6.45) is 0.214. The van der Waals surface area contributed by atoms with Crippen LogP contribution in [0.15, 0.2) is 6.07 Å². The number of aromatic nitrogens is 1. The summed E-state index contributed by atoms with van der Waals surface area (Å²) in [6, 6.07) is 1.59. The van der Waals surface area contributed by atoms with E-state index in [2.05, 4.69) is 10.3 Å². The molecule has 0 radical (unpaired) electrons. The fourth-order valence-corrected chi connectivity index (χ4v) is 1.80. The minimum absolute atomic E-state index is 0.0468. The van der Waals surface area contributed by atoms with Crippen LogP contribution in [0, 0.1) is 0 Å². The second-order valence-electron chi connectivity index (χ2n) is 3.82. The third-order valence-corrected chi connectivity index (χ3v) is 2.63. The summed E-state index contributed by atoms with van der Waals surface area (Å²) in [6.45, 7) is 3.65. The molecule has 1 aromatic heterocycles. The molecule has 2 unspecified atom stereocenters. The number of hydrogen-bond donors (Lipinski definition) is 3. The quantitative estimate of drug-likeness (QED) is 0.781. The molecule has 0 amide bonds. The van der Waals surface area contributed by atoms with E-state index in [0.717, 1.165) is 0 Å². The lowest BCUT2D eigenvalue weighted by Crippen LogP contribution is -2.21. The van der Waals surface area contributed by atoms with Gasteiger partial charge >= 0.3 is 0 Å². The maximum atomic E-state index is 9.23. The second kappa shape index (κ2) is 5.57. The number of aliphatic hydroxyl groups is 1. The van der Waals surface area contributed by atoms with Gasteiger partial charge in [0.05, 0.1) is 16.1 Å². The summed E-state index contributed by atoms with van der Waals surface area (Å²) < 4.78 is 0. The van der Waals surface area contributed by atoms with E-state index in [-0.39, 0.29) is 18.0 Å². The van der Waals surface area contributed by atoms with Crippen LogP contribution >= 0.6 is 23.2 Å². The van der Waals surface area contributed by atoms with Gasteiger partial charge in [-0.05, 0) is 26.3 Å². The number of anilines is 2. The average molecular weight is 264 g/mol. The molecule has 0 aliphatic carbocycles. The van der Waals surface area contributed by atoms with Crippen molar-refractivity contribution < 1.29 is 5.11 Å². The summed E-state index contributed by atoms with van der Waals surface area (Å²) in [4.78, 5) is 4.04. The van der Waals surface area contributed by atoms with E-state index in [1.165, 1.54) is 0 Å². The lowest BCUT2D eigenvalue weighted by atomic mass is 10.1. The van der Waals surface area contributed by atoms with Crippen LogP contribution in [0.4, 0.5) is 11.6 Å². The molecule has 0 saturated heterocycles. The van der Waals surface area contributed by atoms with Crippen LogP contribution in [-0.2, 0) is 0 Å². The van der Waals surface area contributed by atoms with Crippen molar-refractivity contribution in [3.05, 3.63) is 16.1 Å². The molecule has 0 spiro atoms. The van der Waals surface area contributed by atoms with Gasteiger partial charge in [0.25, 0.3) is 0 Å². The van der Waals surface area contributed by atoms with Gasteiger partial charge in [0.2, 0.25) is 0 Å². The molecule has 1 rings (SSSR count). The van der Waals surface area contributed by atoms with Crippen LogP contribution in [0.2, 0.25) is 10.0 Å². The van der Waals surface area contributed by atoms with Crippen molar-refractivity contribution in [3.8, 4) is 0 Å². The molecule has 4 nitrogen and oxygen atoms in total. The number of halogens is 2. The Morgan fingerprint density at radius 2 is 2.06 bits per heavy atom. The van der Waals surface area contributed by atoms with Crippen molar-refractivity contribution in [2.24, 2.45) is 0 Å². The largest absolute Gasteiger partial charge is 0.393 e. The fourth-order valence-electron chi connectivity index (χ4n) is 1.39. The van der Waals surface area contributed by atoms with Gasteiger partial charge < -0.3 is 16.2 Å². The highest BCUT2D eigenvalue weighted by molar-refractivity contribution is 6.37. The van der Waals surface area contributed by atoms with Gasteiger partial charge in [-0.15, -0.1) is 0 Å². The summed E-state index contributed by atoms with van der Waals surface area (Å²) >= 11 is 11.7. The topological polar surface area (TPSA) is 71.2 Å². The first-order valence-electron chi connectivity index (χ1n) is 4.96. The van der Waals surface area contributed by atoms with E-state index in [0.29, 0.717) is 22.3 Å². The van der Waals surface area contributed by atoms with Gasteiger partial charge in [-0.1, -0.05) is 23.2 Å². The number of pyridine rings is 1. The lowest BCUT2D eigenvalue weighted by molar-refractivity contribution is 0.179. The standard InChI is InChI=1S/C10H15Cl2N3O/c1-5(3-6(2)16)14-10-8(12)4-7(11)9(13)15-10/h4-6,16H,3H2,1-2H3,(H3,13,14,15). The molecule has 0 bridgehead atoms. The van der Waals surface area contributed by atoms with Gasteiger partial charge in [0.1, 0.15) is 11.6 Å². The average Bonchev–Trinajstić information content (AvgIpc) is 2.12. The minimum atomic E-state index is -0.383. The zero-order valence-corrected chi connectivity index (χ0v) is 10.7. The number of nitrogen functional groups attached to an aromatic ring is 1. The Bertz CT molecular complexity index is 371. The minimum Gasteiger partial charge on any atom is -0.393 e. The lowest BCUT2D eigenvalue weighted by Gasteiger charge is -2.17. The number of nitrogens with two attached hydrogens (primary N) is 1. The number of aliphatic hydroxyl groups excluding tert-OH is 1. The van der Waals surface area contributed by atoms with E-state index in [1.807, 2.05) is 6.92 Å². The van der Waals surface area contributed by atoms with Crippen molar-refractivity contribution in [1.82, 2.24) is 4.98 Å². The van der Waals surface area contributed by atoms with Crippen molar-refractivity contribution in [3.63, 3.8) is 0 Å². The zero-order valence-electron chi connectivity index (χ0n) is 9.17. The number of nitrogens with one attached hydrogen (secondary N) is 1.